The summed E-state index contributed by atoms with van der Waals surface area (Å²) in [5.74, 6) is -2.97. The van der Waals surface area contributed by atoms with Gasteiger partial charge in [-0.1, -0.05) is 0 Å². The molecule has 10 nitrogen and oxygen atoms in total. The molecule has 1 rings (SSSR count). The number of carbonyl (C=O) groups is 2. The molecule has 130 valence electrons. The molecular weight excluding hydrogens is 390 g/mol. The van der Waals surface area contributed by atoms with E-state index in [4.69, 9.17) is 9.84 Å². The van der Waals surface area contributed by atoms with E-state index in [1.165, 1.54) is 0 Å². The zero-order chi connectivity index (χ0) is 18.7. The molecule has 0 aliphatic rings. The van der Waals surface area contributed by atoms with E-state index >= 15 is 0 Å². The molecule has 0 saturated carbocycles. The molecule has 0 radical (unpaired) electrons. The van der Waals surface area contributed by atoms with Crippen LogP contribution < -0.4 is 5.32 Å². The first-order chi connectivity index (χ1) is 10.9. The maximum Gasteiger partial charge on any atom is 0.413 e. The summed E-state index contributed by atoms with van der Waals surface area (Å²) in [7, 11) is 0. The number of carboxylic acid groups (broad SMARTS) is 1. The minimum absolute atomic E-state index is 0.0759. The number of nitrogens with one attached hydrogen (secondary N) is 1. The lowest BCUT2D eigenvalue weighted by molar-refractivity contribution is -0.385. The van der Waals surface area contributed by atoms with Crippen molar-refractivity contribution in [1.82, 2.24) is 4.98 Å². The van der Waals surface area contributed by atoms with Gasteiger partial charge in [0.1, 0.15) is 11.3 Å². The molecule has 0 aliphatic carbocycles. The van der Waals surface area contributed by atoms with Crippen molar-refractivity contribution >= 4 is 45.6 Å². The van der Waals surface area contributed by atoms with Crippen LogP contribution in [0.15, 0.2) is 16.3 Å². The fourth-order valence-corrected chi connectivity index (χ4v) is 1.83. The van der Waals surface area contributed by atoms with Gasteiger partial charge in [-0.2, -0.15) is 0 Å². The maximum atomic E-state index is 11.8. The number of nitrogens with zero attached hydrogens (tertiary/aromatic N) is 2. The summed E-state index contributed by atoms with van der Waals surface area (Å²) in [5.41, 5.74) is -1.79. The summed E-state index contributed by atoms with van der Waals surface area (Å²) in [5, 5.41) is 31.2. The van der Waals surface area contributed by atoms with Gasteiger partial charge < -0.3 is 14.9 Å². The van der Waals surface area contributed by atoms with Crippen LogP contribution in [-0.2, 0) is 9.53 Å². The topological polar surface area (TPSA) is 152 Å². The van der Waals surface area contributed by atoms with Gasteiger partial charge in [0.15, 0.2) is 5.82 Å². The molecule has 0 aromatic carbocycles. The smallest absolute Gasteiger partial charge is 0.413 e. The lowest BCUT2D eigenvalue weighted by Crippen LogP contribution is -2.27. The van der Waals surface area contributed by atoms with Gasteiger partial charge in [0.05, 0.1) is 9.40 Å². The van der Waals surface area contributed by atoms with Crippen LogP contribution in [0.3, 0.4) is 0 Å². The number of ether oxygens (including phenoxy) is 1. The Labute approximate surface area is 144 Å². The lowest BCUT2D eigenvalue weighted by atomic mass is 10.2. The van der Waals surface area contributed by atoms with Gasteiger partial charge in [-0.05, 0) is 36.7 Å². The van der Waals surface area contributed by atoms with Gasteiger partial charge in [-0.3, -0.25) is 15.4 Å². The third-order valence-electron chi connectivity index (χ3n) is 2.29. The Hall–Kier alpha value is -2.69. The molecule has 0 spiro atoms. The number of aliphatic hydroxyl groups excluding tert-OH is 1. The molecule has 0 aliphatic heterocycles. The largest absolute Gasteiger partial charge is 0.502 e. The molecule has 11 heteroatoms. The number of hydrogen-bond acceptors (Lipinski definition) is 7. The Bertz CT molecular complexity index is 725. The van der Waals surface area contributed by atoms with Crippen molar-refractivity contribution in [2.75, 3.05) is 5.32 Å². The number of nitro groups is 1. The number of aromatic nitrogens is 1. The average molecular weight is 404 g/mol. The minimum Gasteiger partial charge on any atom is -0.502 e. The van der Waals surface area contributed by atoms with Crippen LogP contribution in [-0.4, -0.2) is 37.8 Å². The first-order valence-corrected chi connectivity index (χ1v) is 7.19. The Balaban J connectivity index is 3.29. The van der Waals surface area contributed by atoms with Crippen LogP contribution >= 0.6 is 15.9 Å². The van der Waals surface area contributed by atoms with E-state index < -0.39 is 39.7 Å². The summed E-state index contributed by atoms with van der Waals surface area (Å²) >= 11 is 3.02. The molecule has 0 unspecified atom stereocenters. The molecule has 3 N–H and O–H groups in total. The fourth-order valence-electron chi connectivity index (χ4n) is 1.43. The quantitative estimate of drug-likeness (QED) is 0.300. The summed E-state index contributed by atoms with van der Waals surface area (Å²) in [6, 6.07) is 1.01. The lowest BCUT2D eigenvalue weighted by Gasteiger charge is -2.19. The molecule has 1 heterocycles. The van der Waals surface area contributed by atoms with E-state index in [1.54, 1.807) is 20.8 Å². The highest BCUT2D eigenvalue weighted by Crippen LogP contribution is 2.29. The number of hydrogen-bond donors (Lipinski definition) is 3. The van der Waals surface area contributed by atoms with Crippen molar-refractivity contribution in [2.45, 2.75) is 26.4 Å². The van der Waals surface area contributed by atoms with Gasteiger partial charge in [-0.15, -0.1) is 0 Å². The zero-order valence-corrected chi connectivity index (χ0v) is 14.4. The number of aliphatic carboxylic acids is 1. The summed E-state index contributed by atoms with van der Waals surface area (Å²) < 4.78 is 5.11. The molecule has 1 aromatic rings. The molecule has 0 atom stereocenters. The van der Waals surface area contributed by atoms with Crippen molar-refractivity contribution in [3.8, 4) is 0 Å². The number of halogens is 1. The average Bonchev–Trinajstić information content (AvgIpc) is 2.39. The van der Waals surface area contributed by atoms with E-state index in [1.807, 2.05) is 0 Å². The standard InChI is InChI=1S/C13H14BrN3O7/c1-13(2,3)24-12(21)16-10-6(14)4-8(17(22)23)7(15-10)5-9(18)11(19)20/h4-5,18H,1-3H3,(H,19,20)(H,15,16,21). The van der Waals surface area contributed by atoms with Crippen LogP contribution in [0.4, 0.5) is 16.3 Å². The highest BCUT2D eigenvalue weighted by Gasteiger charge is 2.22. The minimum atomic E-state index is -1.68. The Kier molecular flexibility index (Phi) is 5.85. The number of carboxylic acids is 1. The number of aliphatic hydroxyl groups is 1. The molecule has 1 aromatic heterocycles. The third-order valence-corrected chi connectivity index (χ3v) is 2.90. The van der Waals surface area contributed by atoms with Crippen molar-refractivity contribution in [3.63, 3.8) is 0 Å². The summed E-state index contributed by atoms with van der Waals surface area (Å²) in [6.45, 7) is 4.93. The highest BCUT2D eigenvalue weighted by molar-refractivity contribution is 9.10. The maximum absolute atomic E-state index is 11.8. The number of pyridine rings is 1. The van der Waals surface area contributed by atoms with Gasteiger partial charge in [-0.25, -0.2) is 14.6 Å². The van der Waals surface area contributed by atoms with Crippen LogP contribution in [0.1, 0.15) is 26.5 Å². The predicted octanol–water partition coefficient (Wildman–Crippen LogP) is 3.08. The van der Waals surface area contributed by atoms with Crippen LogP contribution in [0.5, 0.6) is 0 Å². The number of amides is 1. The van der Waals surface area contributed by atoms with Gasteiger partial charge in [0.25, 0.3) is 5.69 Å². The van der Waals surface area contributed by atoms with E-state index in [0.717, 1.165) is 6.07 Å². The third kappa shape index (κ3) is 5.50. The molecule has 24 heavy (non-hydrogen) atoms. The molecule has 0 saturated heterocycles. The van der Waals surface area contributed by atoms with E-state index in [0.29, 0.717) is 6.08 Å². The SMILES string of the molecule is CC(C)(C)OC(=O)Nc1nc(C=C(O)C(=O)O)c([N+](=O)[O-])cc1Br. The second kappa shape index (κ2) is 7.25. The first-order valence-electron chi connectivity index (χ1n) is 6.39. The predicted molar refractivity (Wildman–Crippen MR) is 86.7 cm³/mol. The number of rotatable bonds is 4. The second-order valence-corrected chi connectivity index (χ2v) is 6.30. The van der Waals surface area contributed by atoms with Gasteiger partial charge >= 0.3 is 12.1 Å². The van der Waals surface area contributed by atoms with Crippen LogP contribution in [0.25, 0.3) is 6.08 Å². The van der Waals surface area contributed by atoms with Crippen LogP contribution in [0.2, 0.25) is 0 Å². The molecule has 0 fully saturated rings. The van der Waals surface area contributed by atoms with Gasteiger partial charge in [0, 0.05) is 12.1 Å². The van der Waals surface area contributed by atoms with E-state index in [-0.39, 0.29) is 10.3 Å². The zero-order valence-electron chi connectivity index (χ0n) is 12.9. The van der Waals surface area contributed by atoms with Gasteiger partial charge in [0.2, 0.25) is 5.76 Å². The Morgan fingerprint density at radius 2 is 2.00 bits per heavy atom. The van der Waals surface area contributed by atoms with Crippen LogP contribution in [0, 0.1) is 10.1 Å². The molecule has 1 amide bonds. The van der Waals surface area contributed by atoms with Crippen molar-refractivity contribution in [3.05, 3.63) is 32.1 Å². The fraction of sp³-hybridized carbons (Fsp3) is 0.308. The number of anilines is 1. The number of carbonyl (C=O) groups excluding carboxylic acids is 1. The normalized spacial score (nSPS) is 11.8. The van der Waals surface area contributed by atoms with Crippen molar-refractivity contribution in [1.29, 1.82) is 0 Å². The van der Waals surface area contributed by atoms with E-state index in [9.17, 15) is 24.8 Å². The van der Waals surface area contributed by atoms with E-state index in [2.05, 4.69) is 26.2 Å². The Morgan fingerprint density at radius 1 is 1.42 bits per heavy atom. The van der Waals surface area contributed by atoms with Crippen molar-refractivity contribution < 1.29 is 29.5 Å². The second-order valence-electron chi connectivity index (χ2n) is 5.44. The highest BCUT2D eigenvalue weighted by atomic mass is 79.9. The summed E-state index contributed by atoms with van der Waals surface area (Å²) in [4.78, 5) is 36.4. The monoisotopic (exact) mass is 403 g/mol. The Morgan fingerprint density at radius 3 is 2.46 bits per heavy atom. The summed E-state index contributed by atoms with van der Waals surface area (Å²) in [6.07, 6.45) is -0.255. The molecular formula is C13H14BrN3O7. The first kappa shape index (κ1) is 19.4. The van der Waals surface area contributed by atoms with Crippen molar-refractivity contribution in [2.24, 2.45) is 0 Å². The molecule has 0 bridgehead atoms.